The Morgan fingerprint density at radius 2 is 1.86 bits per heavy atom. The summed E-state index contributed by atoms with van der Waals surface area (Å²) in [5.74, 6) is 1.69. The normalized spacial score (nSPS) is 12.8. The van der Waals surface area contributed by atoms with Crippen LogP contribution >= 0.6 is 0 Å². The molecular formula is C17H25N3O. The molecule has 0 amide bonds. The van der Waals surface area contributed by atoms with Crippen molar-refractivity contribution in [2.45, 2.75) is 40.2 Å². The zero-order valence-electron chi connectivity index (χ0n) is 13.2. The Bertz CT molecular complexity index is 545. The average molecular weight is 287 g/mol. The standard InChI is InChI=1S/C17H25N3O/c1-13(2)10-20-17(18-12-19-20)9-16(11-21)8-15-6-4-14(3)5-7-15/h4-7,12-13,16,21H,8-11H2,1-3H3. The molecule has 0 bridgehead atoms. The van der Waals surface area contributed by atoms with Gasteiger partial charge in [0, 0.05) is 19.6 Å². The molecule has 1 N–H and O–H groups in total. The van der Waals surface area contributed by atoms with Crippen LogP contribution in [0.3, 0.4) is 0 Å². The molecule has 1 unspecified atom stereocenters. The van der Waals surface area contributed by atoms with Crippen LogP contribution in [-0.2, 0) is 19.4 Å². The van der Waals surface area contributed by atoms with Gasteiger partial charge in [0.25, 0.3) is 0 Å². The molecule has 21 heavy (non-hydrogen) atoms. The summed E-state index contributed by atoms with van der Waals surface area (Å²) in [5.41, 5.74) is 2.52. The van der Waals surface area contributed by atoms with Gasteiger partial charge in [0.2, 0.25) is 0 Å². The van der Waals surface area contributed by atoms with Gasteiger partial charge < -0.3 is 5.11 Å². The summed E-state index contributed by atoms with van der Waals surface area (Å²) in [6, 6.07) is 8.50. The van der Waals surface area contributed by atoms with Crippen LogP contribution in [0.15, 0.2) is 30.6 Å². The minimum absolute atomic E-state index is 0.169. The van der Waals surface area contributed by atoms with Gasteiger partial charge in [-0.1, -0.05) is 43.7 Å². The van der Waals surface area contributed by atoms with Gasteiger partial charge >= 0.3 is 0 Å². The van der Waals surface area contributed by atoms with Gasteiger partial charge in [-0.15, -0.1) is 0 Å². The highest BCUT2D eigenvalue weighted by atomic mass is 16.3. The van der Waals surface area contributed by atoms with Crippen molar-refractivity contribution in [2.24, 2.45) is 11.8 Å². The molecule has 1 heterocycles. The molecule has 0 aliphatic carbocycles. The summed E-state index contributed by atoms with van der Waals surface area (Å²) in [7, 11) is 0. The van der Waals surface area contributed by atoms with Crippen molar-refractivity contribution >= 4 is 0 Å². The lowest BCUT2D eigenvalue weighted by molar-refractivity contribution is 0.221. The van der Waals surface area contributed by atoms with Gasteiger partial charge in [0.1, 0.15) is 12.2 Å². The highest BCUT2D eigenvalue weighted by Gasteiger charge is 2.14. The van der Waals surface area contributed by atoms with Gasteiger partial charge in [-0.25, -0.2) is 9.67 Å². The monoisotopic (exact) mass is 287 g/mol. The molecule has 1 aromatic heterocycles. The SMILES string of the molecule is Cc1ccc(CC(CO)Cc2ncnn2CC(C)C)cc1. The summed E-state index contributed by atoms with van der Waals surface area (Å²) in [6.07, 6.45) is 3.24. The topological polar surface area (TPSA) is 50.9 Å². The van der Waals surface area contributed by atoms with Crippen molar-refractivity contribution in [3.8, 4) is 0 Å². The number of hydrogen-bond donors (Lipinski definition) is 1. The van der Waals surface area contributed by atoms with Crippen LogP contribution in [0.2, 0.25) is 0 Å². The fraction of sp³-hybridized carbons (Fsp3) is 0.529. The highest BCUT2D eigenvalue weighted by molar-refractivity contribution is 5.21. The van der Waals surface area contributed by atoms with Crippen molar-refractivity contribution < 1.29 is 5.11 Å². The molecule has 4 nitrogen and oxygen atoms in total. The summed E-state index contributed by atoms with van der Waals surface area (Å²) < 4.78 is 1.96. The second kappa shape index (κ2) is 7.36. The van der Waals surface area contributed by atoms with Crippen LogP contribution in [0.1, 0.15) is 30.8 Å². The Labute approximate surface area is 126 Å². The van der Waals surface area contributed by atoms with Crippen molar-refractivity contribution in [2.75, 3.05) is 6.61 Å². The van der Waals surface area contributed by atoms with E-state index in [9.17, 15) is 5.11 Å². The smallest absolute Gasteiger partial charge is 0.138 e. The molecule has 2 aromatic rings. The Balaban J connectivity index is 2.02. The molecule has 2 rings (SSSR count). The van der Waals surface area contributed by atoms with E-state index < -0.39 is 0 Å². The van der Waals surface area contributed by atoms with Crippen LogP contribution in [0, 0.1) is 18.8 Å². The number of hydrogen-bond acceptors (Lipinski definition) is 3. The van der Waals surface area contributed by atoms with Crippen LogP contribution in [-0.4, -0.2) is 26.5 Å². The first-order chi connectivity index (χ1) is 10.1. The lowest BCUT2D eigenvalue weighted by Crippen LogP contribution is -2.18. The molecule has 0 saturated heterocycles. The quantitative estimate of drug-likeness (QED) is 0.851. The molecular weight excluding hydrogens is 262 g/mol. The Morgan fingerprint density at radius 1 is 1.14 bits per heavy atom. The molecule has 0 spiro atoms. The molecule has 0 saturated carbocycles. The van der Waals surface area contributed by atoms with Crippen molar-refractivity contribution in [3.05, 3.63) is 47.5 Å². The largest absolute Gasteiger partial charge is 0.396 e. The van der Waals surface area contributed by atoms with Gasteiger partial charge in [-0.05, 0) is 30.7 Å². The maximum atomic E-state index is 9.66. The molecule has 0 radical (unpaired) electrons. The zero-order valence-corrected chi connectivity index (χ0v) is 13.2. The van der Waals surface area contributed by atoms with Gasteiger partial charge in [-0.2, -0.15) is 5.10 Å². The minimum atomic E-state index is 0.169. The molecule has 0 aliphatic rings. The molecule has 1 aromatic carbocycles. The van der Waals surface area contributed by atoms with Gasteiger partial charge in [0.05, 0.1) is 0 Å². The van der Waals surface area contributed by atoms with Crippen molar-refractivity contribution in [1.82, 2.24) is 14.8 Å². The predicted octanol–water partition coefficient (Wildman–Crippen LogP) is 2.64. The third-order valence-electron chi connectivity index (χ3n) is 3.61. The van der Waals surface area contributed by atoms with E-state index in [1.807, 2.05) is 4.68 Å². The number of aromatic nitrogens is 3. The van der Waals surface area contributed by atoms with E-state index >= 15 is 0 Å². The maximum absolute atomic E-state index is 9.66. The number of rotatable bonds is 7. The first kappa shape index (κ1) is 15.7. The number of nitrogens with zero attached hydrogens (tertiary/aromatic N) is 3. The average Bonchev–Trinajstić information content (AvgIpc) is 2.87. The summed E-state index contributed by atoms with van der Waals surface area (Å²) >= 11 is 0. The Kier molecular flexibility index (Phi) is 5.51. The highest BCUT2D eigenvalue weighted by Crippen LogP contribution is 2.14. The summed E-state index contributed by atoms with van der Waals surface area (Å²) in [5, 5.41) is 13.9. The van der Waals surface area contributed by atoms with Gasteiger partial charge in [0.15, 0.2) is 0 Å². The fourth-order valence-corrected chi connectivity index (χ4v) is 2.46. The third kappa shape index (κ3) is 4.67. The summed E-state index contributed by atoms with van der Waals surface area (Å²) in [4.78, 5) is 4.35. The second-order valence-electron chi connectivity index (χ2n) is 6.19. The Hall–Kier alpha value is -1.68. The molecule has 0 fully saturated rings. The van der Waals surface area contributed by atoms with Crippen LogP contribution in [0.25, 0.3) is 0 Å². The van der Waals surface area contributed by atoms with E-state index in [4.69, 9.17) is 0 Å². The molecule has 1 atom stereocenters. The minimum Gasteiger partial charge on any atom is -0.396 e. The first-order valence-corrected chi connectivity index (χ1v) is 7.61. The van der Waals surface area contributed by atoms with E-state index in [1.165, 1.54) is 11.1 Å². The number of aliphatic hydroxyl groups excluding tert-OH is 1. The Morgan fingerprint density at radius 3 is 2.48 bits per heavy atom. The lowest BCUT2D eigenvalue weighted by Gasteiger charge is -2.15. The van der Waals surface area contributed by atoms with E-state index in [1.54, 1.807) is 6.33 Å². The molecule has 4 heteroatoms. The lowest BCUT2D eigenvalue weighted by atomic mass is 9.96. The third-order valence-corrected chi connectivity index (χ3v) is 3.61. The van der Waals surface area contributed by atoms with E-state index in [-0.39, 0.29) is 12.5 Å². The number of benzene rings is 1. The van der Waals surface area contributed by atoms with Crippen LogP contribution < -0.4 is 0 Å². The summed E-state index contributed by atoms with van der Waals surface area (Å²) in [6.45, 7) is 7.46. The number of aryl methyl sites for hydroxylation is 1. The van der Waals surface area contributed by atoms with E-state index in [0.717, 1.165) is 25.2 Å². The van der Waals surface area contributed by atoms with Crippen molar-refractivity contribution in [3.63, 3.8) is 0 Å². The van der Waals surface area contributed by atoms with Crippen molar-refractivity contribution in [1.29, 1.82) is 0 Å². The number of aliphatic hydroxyl groups is 1. The fourth-order valence-electron chi connectivity index (χ4n) is 2.46. The van der Waals surface area contributed by atoms with Crippen LogP contribution in [0.5, 0.6) is 0 Å². The van der Waals surface area contributed by atoms with E-state index in [0.29, 0.717) is 5.92 Å². The van der Waals surface area contributed by atoms with E-state index in [2.05, 4.69) is 55.1 Å². The first-order valence-electron chi connectivity index (χ1n) is 7.61. The predicted molar refractivity (Wildman–Crippen MR) is 84.0 cm³/mol. The van der Waals surface area contributed by atoms with Crippen LogP contribution in [0.4, 0.5) is 0 Å². The maximum Gasteiger partial charge on any atom is 0.138 e. The second-order valence-corrected chi connectivity index (χ2v) is 6.19. The van der Waals surface area contributed by atoms with Gasteiger partial charge in [-0.3, -0.25) is 0 Å². The molecule has 114 valence electrons. The molecule has 0 aliphatic heterocycles. The zero-order chi connectivity index (χ0) is 15.2.